The van der Waals surface area contributed by atoms with Crippen LogP contribution in [-0.2, 0) is 6.42 Å². The molecule has 0 atom stereocenters. The molecule has 0 fully saturated rings. The zero-order chi connectivity index (χ0) is 19.8. The Kier molecular flexibility index (Phi) is 6.46. The number of nitrogens with one attached hydrogen (secondary N) is 2. The van der Waals surface area contributed by atoms with Crippen molar-refractivity contribution in [3.05, 3.63) is 78.0 Å². The molecule has 3 aromatic rings. The highest BCUT2D eigenvalue weighted by atomic mass is 16.5. The van der Waals surface area contributed by atoms with Gasteiger partial charge in [0.25, 0.3) is 5.91 Å². The average Bonchev–Trinajstić information content (AvgIpc) is 2.75. The summed E-state index contributed by atoms with van der Waals surface area (Å²) in [6.07, 6.45) is 2.48. The van der Waals surface area contributed by atoms with Gasteiger partial charge in [-0.3, -0.25) is 4.79 Å². The number of aromatic nitrogens is 1. The molecule has 144 valence electrons. The number of rotatable bonds is 8. The normalized spacial score (nSPS) is 10.2. The van der Waals surface area contributed by atoms with E-state index in [0.717, 1.165) is 24.5 Å². The van der Waals surface area contributed by atoms with E-state index in [2.05, 4.69) is 21.7 Å². The van der Waals surface area contributed by atoms with Crippen molar-refractivity contribution in [3.8, 4) is 11.5 Å². The minimum absolute atomic E-state index is 0.238. The number of carbonyl (C=O) groups excluding carboxylic acids is 1. The molecule has 1 heterocycles. The molecule has 3 rings (SSSR count). The molecule has 28 heavy (non-hydrogen) atoms. The summed E-state index contributed by atoms with van der Waals surface area (Å²) in [7, 11) is 3.20. The number of para-hydroxylation sites is 1. The maximum atomic E-state index is 12.4. The topological polar surface area (TPSA) is 72.5 Å². The minimum Gasteiger partial charge on any atom is -0.497 e. The molecule has 0 aliphatic heterocycles. The second-order valence-corrected chi connectivity index (χ2v) is 6.11. The van der Waals surface area contributed by atoms with E-state index in [1.54, 1.807) is 38.6 Å². The fourth-order valence-electron chi connectivity index (χ4n) is 2.77. The number of pyridine rings is 1. The van der Waals surface area contributed by atoms with Crippen LogP contribution in [-0.4, -0.2) is 31.7 Å². The number of carbonyl (C=O) groups is 1. The highest BCUT2D eigenvalue weighted by Gasteiger charge is 2.11. The van der Waals surface area contributed by atoms with E-state index < -0.39 is 0 Å². The molecule has 2 aromatic carbocycles. The molecule has 0 saturated heterocycles. The highest BCUT2D eigenvalue weighted by Crippen LogP contribution is 2.19. The molecular formula is C22H23N3O3. The lowest BCUT2D eigenvalue weighted by Crippen LogP contribution is -2.13. The van der Waals surface area contributed by atoms with Gasteiger partial charge in [-0.25, -0.2) is 4.98 Å². The van der Waals surface area contributed by atoms with Crippen LogP contribution in [0.15, 0.2) is 66.9 Å². The standard InChI is InChI=1S/C22H23N3O3/c1-27-18-7-5-6-16(14-18)12-13-23-21-11-10-17(15-24-21)25-22(26)19-8-3-4-9-20(19)28-2/h3-11,14-15H,12-13H2,1-2H3,(H,23,24)(H,25,26). The van der Waals surface area contributed by atoms with E-state index in [4.69, 9.17) is 9.47 Å². The van der Waals surface area contributed by atoms with Crippen molar-refractivity contribution in [1.29, 1.82) is 0 Å². The lowest BCUT2D eigenvalue weighted by molar-refractivity contribution is 0.102. The van der Waals surface area contributed by atoms with Gasteiger partial charge in [0.2, 0.25) is 0 Å². The van der Waals surface area contributed by atoms with Crippen LogP contribution < -0.4 is 20.1 Å². The summed E-state index contributed by atoms with van der Waals surface area (Å²) in [5.74, 6) is 1.89. The third-order valence-corrected chi connectivity index (χ3v) is 4.23. The smallest absolute Gasteiger partial charge is 0.259 e. The van der Waals surface area contributed by atoms with Crippen molar-refractivity contribution in [2.45, 2.75) is 6.42 Å². The van der Waals surface area contributed by atoms with Crippen molar-refractivity contribution in [2.24, 2.45) is 0 Å². The maximum absolute atomic E-state index is 12.4. The monoisotopic (exact) mass is 377 g/mol. The summed E-state index contributed by atoms with van der Waals surface area (Å²) in [5.41, 5.74) is 2.28. The van der Waals surface area contributed by atoms with E-state index in [-0.39, 0.29) is 5.91 Å². The summed E-state index contributed by atoms with van der Waals surface area (Å²) in [6, 6.07) is 18.7. The van der Waals surface area contributed by atoms with Crippen molar-refractivity contribution in [2.75, 3.05) is 31.4 Å². The number of nitrogens with zero attached hydrogens (tertiary/aromatic N) is 1. The average molecular weight is 377 g/mol. The molecule has 0 saturated carbocycles. The SMILES string of the molecule is COc1cccc(CCNc2ccc(NC(=O)c3ccccc3OC)cn2)c1. The Balaban J connectivity index is 1.54. The van der Waals surface area contributed by atoms with Gasteiger partial charge >= 0.3 is 0 Å². The van der Waals surface area contributed by atoms with Gasteiger partial charge < -0.3 is 20.1 Å². The second kappa shape index (κ2) is 9.41. The Bertz CT molecular complexity index is 926. The number of hydrogen-bond acceptors (Lipinski definition) is 5. The van der Waals surface area contributed by atoms with Crippen LogP contribution in [0.2, 0.25) is 0 Å². The Morgan fingerprint density at radius 2 is 1.86 bits per heavy atom. The van der Waals surface area contributed by atoms with E-state index in [1.807, 2.05) is 36.4 Å². The molecular weight excluding hydrogens is 354 g/mol. The highest BCUT2D eigenvalue weighted by molar-refractivity contribution is 6.06. The number of benzene rings is 2. The Hall–Kier alpha value is -3.54. The summed E-state index contributed by atoms with van der Waals surface area (Å²) >= 11 is 0. The molecule has 0 aliphatic carbocycles. The number of hydrogen-bond donors (Lipinski definition) is 2. The Morgan fingerprint density at radius 1 is 1.00 bits per heavy atom. The van der Waals surface area contributed by atoms with Gasteiger partial charge in [-0.2, -0.15) is 0 Å². The number of methoxy groups -OCH3 is 2. The Labute approximate surface area is 164 Å². The third kappa shape index (κ3) is 5.01. The van der Waals surface area contributed by atoms with Crippen molar-refractivity contribution in [1.82, 2.24) is 4.98 Å². The first-order valence-electron chi connectivity index (χ1n) is 8.97. The fraction of sp³-hybridized carbons (Fsp3) is 0.182. The molecule has 0 unspecified atom stereocenters. The van der Waals surface area contributed by atoms with Crippen LogP contribution in [0.3, 0.4) is 0 Å². The van der Waals surface area contributed by atoms with E-state index >= 15 is 0 Å². The number of amides is 1. The minimum atomic E-state index is -0.238. The first-order valence-corrected chi connectivity index (χ1v) is 8.97. The predicted molar refractivity (Wildman–Crippen MR) is 110 cm³/mol. The van der Waals surface area contributed by atoms with Crippen LogP contribution >= 0.6 is 0 Å². The van der Waals surface area contributed by atoms with Crippen LogP contribution in [0.25, 0.3) is 0 Å². The first kappa shape index (κ1) is 19.2. The molecule has 6 heteroatoms. The van der Waals surface area contributed by atoms with Gasteiger partial charge in [0.1, 0.15) is 17.3 Å². The van der Waals surface area contributed by atoms with Gasteiger partial charge in [0, 0.05) is 6.54 Å². The van der Waals surface area contributed by atoms with Crippen molar-refractivity contribution >= 4 is 17.4 Å². The largest absolute Gasteiger partial charge is 0.497 e. The van der Waals surface area contributed by atoms with E-state index in [0.29, 0.717) is 17.0 Å². The van der Waals surface area contributed by atoms with Crippen LogP contribution in [0.4, 0.5) is 11.5 Å². The number of ether oxygens (including phenoxy) is 2. The maximum Gasteiger partial charge on any atom is 0.259 e. The summed E-state index contributed by atoms with van der Waals surface area (Å²) in [5, 5.41) is 6.11. The van der Waals surface area contributed by atoms with Gasteiger partial charge in [-0.05, 0) is 48.4 Å². The molecule has 2 N–H and O–H groups in total. The molecule has 0 bridgehead atoms. The second-order valence-electron chi connectivity index (χ2n) is 6.11. The Morgan fingerprint density at radius 3 is 2.61 bits per heavy atom. The van der Waals surface area contributed by atoms with E-state index in [9.17, 15) is 4.79 Å². The lowest BCUT2D eigenvalue weighted by atomic mass is 10.1. The van der Waals surface area contributed by atoms with E-state index in [1.165, 1.54) is 5.56 Å². The van der Waals surface area contributed by atoms with Crippen LogP contribution in [0.1, 0.15) is 15.9 Å². The molecule has 6 nitrogen and oxygen atoms in total. The molecule has 0 aliphatic rings. The summed E-state index contributed by atoms with van der Waals surface area (Å²) in [4.78, 5) is 16.8. The zero-order valence-electron chi connectivity index (χ0n) is 15.9. The van der Waals surface area contributed by atoms with Gasteiger partial charge in [-0.15, -0.1) is 0 Å². The lowest BCUT2D eigenvalue weighted by Gasteiger charge is -2.10. The van der Waals surface area contributed by atoms with Crippen LogP contribution in [0, 0.1) is 0 Å². The van der Waals surface area contributed by atoms with Gasteiger partial charge in [-0.1, -0.05) is 24.3 Å². The molecule has 1 aromatic heterocycles. The quantitative estimate of drug-likeness (QED) is 0.621. The van der Waals surface area contributed by atoms with Gasteiger partial charge in [0.05, 0.1) is 31.7 Å². The fourth-order valence-corrected chi connectivity index (χ4v) is 2.77. The summed E-state index contributed by atoms with van der Waals surface area (Å²) < 4.78 is 10.5. The van der Waals surface area contributed by atoms with Crippen molar-refractivity contribution < 1.29 is 14.3 Å². The van der Waals surface area contributed by atoms with Crippen LogP contribution in [0.5, 0.6) is 11.5 Å². The van der Waals surface area contributed by atoms with Crippen molar-refractivity contribution in [3.63, 3.8) is 0 Å². The molecule has 0 spiro atoms. The molecule has 1 amide bonds. The third-order valence-electron chi connectivity index (χ3n) is 4.23. The first-order chi connectivity index (χ1) is 13.7. The predicted octanol–water partition coefficient (Wildman–Crippen LogP) is 4.01. The zero-order valence-corrected chi connectivity index (χ0v) is 15.9. The summed E-state index contributed by atoms with van der Waals surface area (Å²) in [6.45, 7) is 0.743. The number of anilines is 2. The molecule has 0 radical (unpaired) electrons. The van der Waals surface area contributed by atoms with Gasteiger partial charge in [0.15, 0.2) is 0 Å².